The minimum Gasteiger partial charge on any atom is -0.372 e. The smallest absolute Gasteiger partial charge is 0.301 e. The summed E-state index contributed by atoms with van der Waals surface area (Å²) < 4.78 is 13.2. The molecule has 4 heterocycles. The number of rotatable bonds is 6. The van der Waals surface area contributed by atoms with Crippen LogP contribution in [0.2, 0.25) is 0 Å². The van der Waals surface area contributed by atoms with Crippen molar-refractivity contribution in [2.24, 2.45) is 5.92 Å². The third-order valence-corrected chi connectivity index (χ3v) is 6.72. The molecule has 0 bridgehead atoms. The van der Waals surface area contributed by atoms with Gasteiger partial charge in [0, 0.05) is 18.0 Å². The summed E-state index contributed by atoms with van der Waals surface area (Å²) in [5.41, 5.74) is 9.31. The summed E-state index contributed by atoms with van der Waals surface area (Å²) in [5.74, 6) is 2.00. The first kappa shape index (κ1) is 19.1. The number of H-pyrrole nitrogens is 1. The zero-order valence-electron chi connectivity index (χ0n) is 17.7. The number of benzene rings is 1. The van der Waals surface area contributed by atoms with E-state index in [-0.39, 0.29) is 11.4 Å². The predicted octanol–water partition coefficient (Wildman–Crippen LogP) is 2.68. The first-order chi connectivity index (χ1) is 15.6. The van der Waals surface area contributed by atoms with Crippen LogP contribution in [0.15, 0.2) is 53.7 Å². The number of nitrogen functional groups attached to an aromatic ring is 1. The van der Waals surface area contributed by atoms with Gasteiger partial charge in [-0.2, -0.15) is 4.98 Å². The highest BCUT2D eigenvalue weighted by Gasteiger charge is 2.47. The van der Waals surface area contributed by atoms with Gasteiger partial charge in [-0.3, -0.25) is 0 Å². The fourth-order valence-corrected chi connectivity index (χ4v) is 4.44. The summed E-state index contributed by atoms with van der Waals surface area (Å²) in [5, 5.41) is 4.44. The van der Waals surface area contributed by atoms with Crippen LogP contribution in [0.1, 0.15) is 37.2 Å². The van der Waals surface area contributed by atoms with E-state index in [1.165, 1.54) is 5.56 Å². The Morgan fingerprint density at radius 2 is 1.84 bits per heavy atom. The summed E-state index contributed by atoms with van der Waals surface area (Å²) in [7, 11) is 0. The molecule has 3 N–H and O–H groups in total. The highest BCUT2D eigenvalue weighted by molar-refractivity contribution is 5.62. The summed E-state index contributed by atoms with van der Waals surface area (Å²) in [6.07, 6.45) is 9.60. The third-order valence-electron chi connectivity index (χ3n) is 6.72. The fourth-order valence-electron chi connectivity index (χ4n) is 4.44. The molecule has 0 amide bonds. The van der Waals surface area contributed by atoms with Gasteiger partial charge < -0.3 is 15.0 Å². The first-order valence-corrected chi connectivity index (χ1v) is 10.8. The number of anilines is 1. The Hall–Kier alpha value is -3.59. The van der Waals surface area contributed by atoms with Gasteiger partial charge in [0.2, 0.25) is 18.0 Å². The molecule has 1 unspecified atom stereocenters. The van der Waals surface area contributed by atoms with E-state index in [2.05, 4.69) is 55.9 Å². The zero-order valence-corrected chi connectivity index (χ0v) is 17.7. The number of hydrogen-bond acceptors (Lipinski definition) is 7. The number of nitrogens with zero attached hydrogens (tertiary/aromatic N) is 5. The fraction of sp³-hybridized carbons (Fsp3) is 0.348. The van der Waals surface area contributed by atoms with Gasteiger partial charge in [-0.25, -0.2) is 19.5 Å². The van der Waals surface area contributed by atoms with Crippen LogP contribution in [-0.2, 0) is 10.2 Å². The lowest BCUT2D eigenvalue weighted by atomic mass is 9.77. The van der Waals surface area contributed by atoms with Gasteiger partial charge in [-0.1, -0.05) is 29.4 Å². The van der Waals surface area contributed by atoms with Crippen LogP contribution in [-0.4, -0.2) is 38.3 Å². The average molecular weight is 430 g/mol. The molecule has 0 radical (unpaired) electrons. The normalized spacial score (nSPS) is 18.3. The van der Waals surface area contributed by atoms with Crippen LogP contribution in [0.4, 0.5) is 5.95 Å². The van der Waals surface area contributed by atoms with Crippen LogP contribution in [0, 0.1) is 5.92 Å². The number of aromatic nitrogens is 6. The SMILES string of the molecule is CC(c1ccc(-c2cnc(N)nc2)cc1)(c1noc(-c2c[nH]c[n+]2C2COC2)n1)C1CC1. The van der Waals surface area contributed by atoms with E-state index in [4.69, 9.17) is 20.0 Å². The van der Waals surface area contributed by atoms with E-state index in [1.807, 2.05) is 12.5 Å². The number of hydrogen-bond donors (Lipinski definition) is 2. The molecule has 6 rings (SSSR count). The molecule has 32 heavy (non-hydrogen) atoms. The van der Waals surface area contributed by atoms with Gasteiger partial charge in [-0.15, -0.1) is 0 Å². The van der Waals surface area contributed by atoms with Crippen LogP contribution in [0.25, 0.3) is 22.7 Å². The van der Waals surface area contributed by atoms with E-state index in [0.717, 1.165) is 35.5 Å². The van der Waals surface area contributed by atoms with Gasteiger partial charge in [0.25, 0.3) is 0 Å². The van der Waals surface area contributed by atoms with E-state index in [0.29, 0.717) is 31.1 Å². The quantitative estimate of drug-likeness (QED) is 0.451. The lowest BCUT2D eigenvalue weighted by Gasteiger charge is -2.27. The van der Waals surface area contributed by atoms with E-state index < -0.39 is 0 Å². The van der Waals surface area contributed by atoms with Gasteiger partial charge in [0.15, 0.2) is 5.82 Å². The van der Waals surface area contributed by atoms with Gasteiger partial charge in [0.05, 0.1) is 18.6 Å². The molecule has 1 aliphatic carbocycles. The Balaban J connectivity index is 1.34. The Morgan fingerprint density at radius 3 is 2.50 bits per heavy atom. The molecule has 9 heteroatoms. The first-order valence-electron chi connectivity index (χ1n) is 10.8. The predicted molar refractivity (Wildman–Crippen MR) is 115 cm³/mol. The highest BCUT2D eigenvalue weighted by atomic mass is 16.5. The van der Waals surface area contributed by atoms with Crippen LogP contribution in [0.5, 0.6) is 0 Å². The number of nitrogens with one attached hydrogen (secondary N) is 1. The van der Waals surface area contributed by atoms with Crippen LogP contribution < -0.4 is 10.3 Å². The topological polar surface area (TPSA) is 120 Å². The molecule has 1 saturated carbocycles. The van der Waals surface area contributed by atoms with E-state index in [9.17, 15) is 0 Å². The molecule has 1 saturated heterocycles. The van der Waals surface area contributed by atoms with Crippen molar-refractivity contribution >= 4 is 5.95 Å². The number of nitrogens with two attached hydrogens (primary N) is 1. The van der Waals surface area contributed by atoms with E-state index >= 15 is 0 Å². The van der Waals surface area contributed by atoms with Crippen molar-refractivity contribution in [3.8, 4) is 22.7 Å². The second-order valence-corrected chi connectivity index (χ2v) is 8.73. The van der Waals surface area contributed by atoms with Crippen LogP contribution >= 0.6 is 0 Å². The zero-order chi connectivity index (χ0) is 21.7. The van der Waals surface area contributed by atoms with Crippen molar-refractivity contribution in [3.63, 3.8) is 0 Å². The molecule has 4 aromatic rings. The van der Waals surface area contributed by atoms with E-state index in [1.54, 1.807) is 12.4 Å². The molecule has 1 atom stereocenters. The van der Waals surface area contributed by atoms with Crippen molar-refractivity contribution < 1.29 is 13.8 Å². The minimum atomic E-state index is -0.321. The average Bonchev–Trinajstić information content (AvgIpc) is 3.34. The number of imidazole rings is 1. The molecular weight excluding hydrogens is 406 g/mol. The maximum Gasteiger partial charge on any atom is 0.301 e. The Labute approximate surface area is 184 Å². The molecule has 1 aromatic carbocycles. The molecular formula is C23H24N7O2+. The molecule has 2 fully saturated rings. The Morgan fingerprint density at radius 1 is 1.09 bits per heavy atom. The van der Waals surface area contributed by atoms with Gasteiger partial charge in [-0.05, 0) is 36.8 Å². The largest absolute Gasteiger partial charge is 0.372 e. The standard InChI is InChI=1S/C23H23N7O2/c1-23(17-6-7-17,16-4-2-14(3-5-16)15-8-26-22(24)27-9-15)21-28-20(32-29-21)19-10-25-13-30(19)18-11-31-12-18/h2-5,8-10,13,17-18H,6-7,11-12H2,1H3,(H2,24,26,27)/p+1. The highest BCUT2D eigenvalue weighted by Crippen LogP contribution is 2.50. The number of aromatic amines is 1. The number of ether oxygens (including phenoxy) is 1. The lowest BCUT2D eigenvalue weighted by molar-refractivity contribution is -0.731. The van der Waals surface area contributed by atoms with Crippen molar-refractivity contribution in [1.29, 1.82) is 0 Å². The van der Waals surface area contributed by atoms with Crippen molar-refractivity contribution in [2.45, 2.75) is 31.2 Å². The Kier molecular flexibility index (Phi) is 4.32. The molecule has 0 spiro atoms. The Bertz CT molecular complexity index is 1240. The monoisotopic (exact) mass is 430 g/mol. The molecule has 162 valence electrons. The maximum absolute atomic E-state index is 5.75. The summed E-state index contributed by atoms with van der Waals surface area (Å²) >= 11 is 0. The lowest BCUT2D eigenvalue weighted by Crippen LogP contribution is -2.50. The third kappa shape index (κ3) is 3.08. The van der Waals surface area contributed by atoms with Crippen molar-refractivity contribution in [1.82, 2.24) is 25.1 Å². The maximum atomic E-state index is 5.75. The summed E-state index contributed by atoms with van der Waals surface area (Å²) in [4.78, 5) is 16.2. The second kappa shape index (κ2) is 7.23. The summed E-state index contributed by atoms with van der Waals surface area (Å²) in [6, 6.07) is 8.75. The van der Waals surface area contributed by atoms with Crippen molar-refractivity contribution in [2.75, 3.05) is 18.9 Å². The molecule has 3 aromatic heterocycles. The van der Waals surface area contributed by atoms with Crippen LogP contribution in [0.3, 0.4) is 0 Å². The van der Waals surface area contributed by atoms with Crippen molar-refractivity contribution in [3.05, 3.63) is 60.6 Å². The minimum absolute atomic E-state index is 0.271. The molecule has 9 nitrogen and oxygen atoms in total. The second-order valence-electron chi connectivity index (χ2n) is 8.73. The molecule has 1 aliphatic heterocycles. The van der Waals surface area contributed by atoms with Gasteiger partial charge in [0.1, 0.15) is 12.2 Å². The molecule has 2 aliphatic rings. The summed E-state index contributed by atoms with van der Waals surface area (Å²) in [6.45, 7) is 3.61. The van der Waals surface area contributed by atoms with Gasteiger partial charge >= 0.3 is 5.89 Å².